The van der Waals surface area contributed by atoms with Crippen LogP contribution in [0.15, 0.2) is 22.2 Å². The van der Waals surface area contributed by atoms with E-state index in [1.54, 1.807) is 0 Å². The van der Waals surface area contributed by atoms with Gasteiger partial charge in [0.1, 0.15) is 0 Å². The van der Waals surface area contributed by atoms with Gasteiger partial charge in [-0.15, -0.1) is 0 Å². The van der Waals surface area contributed by atoms with E-state index in [0.29, 0.717) is 0 Å². The molecule has 0 fully saturated rings. The van der Waals surface area contributed by atoms with Gasteiger partial charge in [0.15, 0.2) is 0 Å². The van der Waals surface area contributed by atoms with Crippen LogP contribution in [0.2, 0.25) is 0 Å². The van der Waals surface area contributed by atoms with Gasteiger partial charge in [-0.05, 0) is 0 Å². The van der Waals surface area contributed by atoms with Crippen LogP contribution in [0, 0.1) is 0 Å². The fourth-order valence-corrected chi connectivity index (χ4v) is 2.23. The van der Waals surface area contributed by atoms with Crippen molar-refractivity contribution in [1.29, 1.82) is 0 Å². The first-order valence-electron chi connectivity index (χ1n) is 6.50. The minimum atomic E-state index is 1.12. The standard InChI is InChI=1S/C13H21.3CO.Mn/c1-2-3-4-5-6-7-10-13-11-8-9-12-13;3*1-2;/h8,11H,2-7,9-10H2,1H3;;;;. The van der Waals surface area contributed by atoms with E-state index in [2.05, 4.69) is 55.5 Å². The quantitative estimate of drug-likeness (QED) is 0.535. The molecular formula is C16H21MnO3. The number of carbonyl (C=O) groups excluding carboxylic acids is 3. The van der Waals surface area contributed by atoms with E-state index < -0.39 is 0 Å². The first-order chi connectivity index (χ1) is 9.84. The zero-order valence-electron chi connectivity index (χ0n) is 11.9. The molecule has 1 aliphatic rings. The van der Waals surface area contributed by atoms with Gasteiger partial charge in [0.2, 0.25) is 0 Å². The van der Waals surface area contributed by atoms with Crippen LogP contribution in [0.3, 0.4) is 0 Å². The Morgan fingerprint density at radius 1 is 0.950 bits per heavy atom. The van der Waals surface area contributed by atoms with Crippen LogP contribution >= 0.6 is 0 Å². The average molecular weight is 316 g/mol. The molecule has 0 amide bonds. The predicted molar refractivity (Wildman–Crippen MR) is 75.9 cm³/mol. The molecule has 6 radical (unpaired) electrons. The van der Waals surface area contributed by atoms with Crippen molar-refractivity contribution >= 4 is 20.4 Å². The predicted octanol–water partition coefficient (Wildman–Crippen LogP) is 3.31. The van der Waals surface area contributed by atoms with E-state index in [9.17, 15) is 0 Å². The molecule has 20 heavy (non-hydrogen) atoms. The Labute approximate surface area is 131 Å². The van der Waals surface area contributed by atoms with Crippen molar-refractivity contribution in [2.24, 2.45) is 0 Å². The second-order valence-corrected chi connectivity index (χ2v) is 4.77. The number of rotatable bonds is 7. The van der Waals surface area contributed by atoms with Crippen LogP contribution in [0.5, 0.6) is 0 Å². The maximum atomic E-state index is 7.50. The van der Waals surface area contributed by atoms with Crippen LogP contribution in [0.25, 0.3) is 0 Å². The summed E-state index contributed by atoms with van der Waals surface area (Å²) in [5.41, 5.74) is 1.53. The molecule has 0 saturated heterocycles. The topological polar surface area (TPSA) is 51.2 Å². The maximum Gasteiger partial charge on any atom is 0.281 e. The van der Waals surface area contributed by atoms with Crippen LogP contribution in [0.4, 0.5) is 0 Å². The molecule has 3 nitrogen and oxygen atoms in total. The summed E-state index contributed by atoms with van der Waals surface area (Å²) in [6, 6.07) is 0. The van der Waals surface area contributed by atoms with Gasteiger partial charge in [0.25, 0.3) is 20.4 Å². The molecule has 1 rings (SSSR count). The van der Waals surface area contributed by atoms with E-state index >= 15 is 0 Å². The summed E-state index contributed by atoms with van der Waals surface area (Å²) in [6.45, 7) is 15.8. The van der Waals surface area contributed by atoms with Crippen molar-refractivity contribution in [2.45, 2.75) is 58.3 Å². The fourth-order valence-electron chi connectivity index (χ4n) is 1.84. The first-order valence-corrected chi connectivity index (χ1v) is 7.09. The molecule has 0 aromatic rings. The molecular weight excluding hydrogens is 295 g/mol. The second kappa shape index (κ2) is 23.1. The van der Waals surface area contributed by atoms with Crippen LogP contribution in [0.1, 0.15) is 58.3 Å². The number of hydrogen-bond acceptors (Lipinski definition) is 3. The Hall–Kier alpha value is -0.991. The Morgan fingerprint density at radius 2 is 1.45 bits per heavy atom. The Bertz CT molecular complexity index is 258. The van der Waals surface area contributed by atoms with Crippen LogP contribution < -0.4 is 0 Å². The molecule has 4 heteroatoms. The van der Waals surface area contributed by atoms with Gasteiger partial charge in [-0.2, -0.15) is 0 Å². The zero-order valence-corrected chi connectivity index (χ0v) is 13.1. The molecule has 0 unspecified atom stereocenters. The SMILES string of the molecule is CCCCCCCCC1=[C]([Mn])CC=C1.[C]=O.[C]=O.[C]=O. The van der Waals surface area contributed by atoms with Gasteiger partial charge in [0, 0.05) is 0 Å². The second-order valence-electron chi connectivity index (χ2n) is 4.05. The summed E-state index contributed by atoms with van der Waals surface area (Å²) >= 11 is 3.62. The largest absolute Gasteiger partial charge is 0.281 e. The third kappa shape index (κ3) is 15.1. The molecule has 0 atom stereocenters. The zero-order chi connectivity index (χ0) is 16.2. The summed E-state index contributed by atoms with van der Waals surface area (Å²) in [7, 11) is 0. The van der Waals surface area contributed by atoms with Gasteiger partial charge < -0.3 is 0 Å². The third-order valence-electron chi connectivity index (χ3n) is 2.76. The molecule has 0 N–H and O–H groups in total. The van der Waals surface area contributed by atoms with E-state index in [1.165, 1.54) is 55.0 Å². The number of unbranched alkanes of at least 4 members (excludes halogenated alkanes) is 5. The summed E-state index contributed by atoms with van der Waals surface area (Å²) in [5, 5.41) is 0. The Morgan fingerprint density at radius 3 is 1.90 bits per heavy atom. The van der Waals surface area contributed by atoms with Crippen molar-refractivity contribution in [1.82, 2.24) is 0 Å². The van der Waals surface area contributed by atoms with Gasteiger partial charge in [-0.3, -0.25) is 14.4 Å². The summed E-state index contributed by atoms with van der Waals surface area (Å²) < 4.78 is 1.41. The van der Waals surface area contributed by atoms with Gasteiger partial charge in [-0.25, -0.2) is 0 Å². The summed E-state index contributed by atoms with van der Waals surface area (Å²) in [5.74, 6) is 0. The van der Waals surface area contributed by atoms with Crippen molar-refractivity contribution in [3.05, 3.63) is 22.2 Å². The van der Waals surface area contributed by atoms with Gasteiger partial charge in [0.05, 0.1) is 0 Å². The van der Waals surface area contributed by atoms with Crippen LogP contribution in [-0.2, 0) is 30.4 Å². The molecule has 0 heterocycles. The average Bonchev–Trinajstić information content (AvgIpc) is 2.94. The number of hydrogen-bond donors (Lipinski definition) is 0. The van der Waals surface area contributed by atoms with E-state index in [1.807, 2.05) is 0 Å². The summed E-state index contributed by atoms with van der Waals surface area (Å²) in [6.07, 6.45) is 15.3. The fraction of sp³-hybridized carbons (Fsp3) is 0.562. The van der Waals surface area contributed by atoms with Gasteiger partial charge in [-0.1, -0.05) is 0 Å². The monoisotopic (exact) mass is 316 g/mol. The van der Waals surface area contributed by atoms with E-state index in [-0.39, 0.29) is 0 Å². The minimum absolute atomic E-state index is 1.12. The van der Waals surface area contributed by atoms with Crippen molar-refractivity contribution in [2.75, 3.05) is 0 Å². The van der Waals surface area contributed by atoms with Gasteiger partial charge >= 0.3 is 96.5 Å². The molecule has 1 aliphatic carbocycles. The van der Waals surface area contributed by atoms with E-state index in [0.717, 1.165) is 6.42 Å². The van der Waals surface area contributed by atoms with Crippen molar-refractivity contribution in [3.63, 3.8) is 0 Å². The summed E-state index contributed by atoms with van der Waals surface area (Å²) in [4.78, 5) is 22.5. The first kappa shape index (κ1) is 24.1. The van der Waals surface area contributed by atoms with Crippen LogP contribution in [-0.4, -0.2) is 20.4 Å². The van der Waals surface area contributed by atoms with Crippen molar-refractivity contribution in [3.8, 4) is 0 Å². The molecule has 110 valence electrons. The molecule has 0 saturated carbocycles. The Kier molecular flexibility index (Phi) is 27.8. The maximum absolute atomic E-state index is 7.50. The third-order valence-corrected chi connectivity index (χ3v) is 3.38. The number of allylic oxidation sites excluding steroid dienone is 4. The normalized spacial score (nSPS) is 11.5. The van der Waals surface area contributed by atoms with E-state index in [4.69, 9.17) is 14.4 Å². The molecule has 0 bridgehead atoms. The molecule has 0 spiro atoms. The Balaban J connectivity index is -0.000000425. The molecule has 0 aromatic heterocycles. The van der Waals surface area contributed by atoms with Crippen molar-refractivity contribution < 1.29 is 30.4 Å². The molecule has 0 aromatic carbocycles. The minimum Gasteiger partial charge on any atom is -0.281 e. The molecule has 0 aliphatic heterocycles. The smallest absolute Gasteiger partial charge is 0.281 e.